The third-order valence-corrected chi connectivity index (χ3v) is 4.06. The van der Waals surface area contributed by atoms with E-state index in [1.165, 1.54) is 42.7 Å². The molecule has 3 rings (SSSR count). The first-order chi connectivity index (χ1) is 11.7. The molecule has 2 aromatic carbocycles. The molecule has 0 unspecified atom stereocenters. The van der Waals surface area contributed by atoms with Crippen LogP contribution in [0.25, 0.3) is 16.3 Å². The van der Waals surface area contributed by atoms with Gasteiger partial charge in [-0.2, -0.15) is 0 Å². The van der Waals surface area contributed by atoms with Gasteiger partial charge >= 0.3 is 5.97 Å². The van der Waals surface area contributed by atoms with Gasteiger partial charge in [-0.25, -0.2) is 9.78 Å². The summed E-state index contributed by atoms with van der Waals surface area (Å²) in [6, 6.07) is 12.3. The van der Waals surface area contributed by atoms with Gasteiger partial charge in [-0.3, -0.25) is 0 Å². The maximum atomic E-state index is 11.2. The monoisotopic (exact) mass is 339 g/mol. The summed E-state index contributed by atoms with van der Waals surface area (Å²) < 4.78 is 5.58. The quantitative estimate of drug-likeness (QED) is 0.427. The lowest BCUT2D eigenvalue weighted by Crippen LogP contribution is -1.93. The molecular formula is C17H13N3O3S. The molecule has 0 radical (unpaired) electrons. The van der Waals surface area contributed by atoms with Crippen LogP contribution >= 0.6 is 11.3 Å². The van der Waals surface area contributed by atoms with Gasteiger partial charge < -0.3 is 9.84 Å². The van der Waals surface area contributed by atoms with Crippen molar-refractivity contribution < 1.29 is 14.6 Å². The molecule has 1 N–H and O–H groups in total. The fourth-order valence-corrected chi connectivity index (χ4v) is 2.78. The zero-order valence-electron chi connectivity index (χ0n) is 12.7. The van der Waals surface area contributed by atoms with Crippen molar-refractivity contribution in [3.05, 3.63) is 54.1 Å². The average molecular weight is 339 g/mol. The molecule has 0 aliphatic rings. The number of carbonyl (C=O) groups excluding carboxylic acids is 1. The molecule has 0 spiro atoms. The van der Waals surface area contributed by atoms with Crippen LogP contribution in [0.4, 0.5) is 10.8 Å². The molecule has 0 fully saturated rings. The van der Waals surface area contributed by atoms with Crippen molar-refractivity contribution >= 4 is 44.4 Å². The highest BCUT2D eigenvalue weighted by Crippen LogP contribution is 2.31. The predicted molar refractivity (Wildman–Crippen MR) is 93.0 cm³/mol. The molecule has 3 aromatic rings. The van der Waals surface area contributed by atoms with Crippen molar-refractivity contribution in [1.82, 2.24) is 4.98 Å². The first-order valence-electron chi connectivity index (χ1n) is 7.02. The zero-order valence-corrected chi connectivity index (χ0v) is 13.5. The molecule has 0 saturated heterocycles. The minimum atomic E-state index is -0.493. The molecule has 0 bridgehead atoms. The average Bonchev–Trinajstić information content (AvgIpc) is 3.01. The number of hydrogen-bond donors (Lipinski definition) is 1. The Kier molecular flexibility index (Phi) is 4.62. The Balaban J connectivity index is 1.91. The van der Waals surface area contributed by atoms with Gasteiger partial charge in [-0.1, -0.05) is 23.5 Å². The normalized spacial score (nSPS) is 11.5. The summed E-state index contributed by atoms with van der Waals surface area (Å²) in [5, 5.41) is 18.5. The van der Waals surface area contributed by atoms with E-state index in [9.17, 15) is 9.90 Å². The second-order valence-corrected chi connectivity index (χ2v) is 5.77. The number of carbonyl (C=O) groups is 1. The smallest absolute Gasteiger partial charge is 0.330 e. The number of benzene rings is 2. The molecule has 7 heteroatoms. The molecule has 120 valence electrons. The molecule has 0 amide bonds. The number of phenolic OH excluding ortho intramolecular Hbond substituents is 1. The SMILES string of the molecule is COC(=O)/C=C\c1cc(O)ccc1N=Nc1nc2ccccc2s1. The van der Waals surface area contributed by atoms with E-state index >= 15 is 0 Å². The molecule has 24 heavy (non-hydrogen) atoms. The predicted octanol–water partition coefficient (Wildman–Crippen LogP) is 4.60. The van der Waals surface area contributed by atoms with Crippen molar-refractivity contribution in [1.29, 1.82) is 0 Å². The van der Waals surface area contributed by atoms with E-state index in [4.69, 9.17) is 0 Å². The fourth-order valence-electron chi connectivity index (χ4n) is 1.99. The zero-order chi connectivity index (χ0) is 16.9. The van der Waals surface area contributed by atoms with E-state index in [1.54, 1.807) is 6.07 Å². The highest BCUT2D eigenvalue weighted by Gasteiger charge is 2.04. The van der Waals surface area contributed by atoms with Gasteiger partial charge in [0.15, 0.2) is 0 Å². The number of azo groups is 1. The number of aromatic nitrogens is 1. The summed E-state index contributed by atoms with van der Waals surface area (Å²) in [7, 11) is 1.29. The number of thiazole rings is 1. The number of hydrogen-bond acceptors (Lipinski definition) is 7. The second-order valence-electron chi connectivity index (χ2n) is 4.76. The van der Waals surface area contributed by atoms with E-state index in [0.717, 1.165) is 10.2 Å². The van der Waals surface area contributed by atoms with Crippen LogP contribution < -0.4 is 0 Å². The van der Waals surface area contributed by atoms with Gasteiger partial charge in [0.1, 0.15) is 5.75 Å². The fraction of sp³-hybridized carbons (Fsp3) is 0.0588. The number of methoxy groups -OCH3 is 1. The Morgan fingerprint density at radius 3 is 2.88 bits per heavy atom. The minimum absolute atomic E-state index is 0.0680. The Hall–Kier alpha value is -3.06. The molecule has 1 aromatic heterocycles. The molecule has 0 aliphatic carbocycles. The summed E-state index contributed by atoms with van der Waals surface area (Å²) in [4.78, 5) is 15.6. The first-order valence-corrected chi connectivity index (χ1v) is 7.84. The van der Waals surface area contributed by atoms with Crippen LogP contribution in [0.2, 0.25) is 0 Å². The summed E-state index contributed by atoms with van der Waals surface area (Å²) in [5.41, 5.74) is 1.92. The number of phenols is 1. The lowest BCUT2D eigenvalue weighted by atomic mass is 10.1. The standard InChI is InChI=1S/C17H13N3O3S/c1-23-16(22)9-6-11-10-12(21)7-8-13(11)19-20-17-18-14-4-2-3-5-15(14)24-17/h2-10,21H,1H3/b9-6-,20-19?. The number of para-hydroxylation sites is 1. The lowest BCUT2D eigenvalue weighted by Gasteiger charge is -2.00. The van der Waals surface area contributed by atoms with Crippen LogP contribution in [0, 0.1) is 0 Å². The van der Waals surface area contributed by atoms with Gasteiger partial charge in [-0.15, -0.1) is 10.2 Å². The Labute approximate surface area is 141 Å². The number of nitrogens with zero attached hydrogens (tertiary/aromatic N) is 3. The maximum absolute atomic E-state index is 11.2. The van der Waals surface area contributed by atoms with Crippen LogP contribution in [-0.2, 0) is 9.53 Å². The van der Waals surface area contributed by atoms with E-state index in [-0.39, 0.29) is 5.75 Å². The van der Waals surface area contributed by atoms with E-state index in [0.29, 0.717) is 16.4 Å². The Morgan fingerprint density at radius 2 is 2.08 bits per heavy atom. The minimum Gasteiger partial charge on any atom is -0.508 e. The van der Waals surface area contributed by atoms with Crippen LogP contribution in [0.3, 0.4) is 0 Å². The highest BCUT2D eigenvalue weighted by molar-refractivity contribution is 7.21. The number of fused-ring (bicyclic) bond motifs is 1. The summed E-state index contributed by atoms with van der Waals surface area (Å²) in [5.74, 6) is -0.425. The highest BCUT2D eigenvalue weighted by atomic mass is 32.1. The molecule has 6 nitrogen and oxygen atoms in total. The summed E-state index contributed by atoms with van der Waals surface area (Å²) in [6.45, 7) is 0. The van der Waals surface area contributed by atoms with Gasteiger partial charge in [0.2, 0.25) is 5.13 Å². The van der Waals surface area contributed by atoms with Crippen molar-refractivity contribution in [2.24, 2.45) is 10.2 Å². The second kappa shape index (κ2) is 7.01. The molecule has 1 heterocycles. The topological polar surface area (TPSA) is 84.1 Å². The third-order valence-electron chi connectivity index (χ3n) is 3.14. The van der Waals surface area contributed by atoms with Crippen LogP contribution in [0.1, 0.15) is 5.56 Å². The number of esters is 1. The van der Waals surface area contributed by atoms with Gasteiger partial charge in [0, 0.05) is 11.6 Å². The van der Waals surface area contributed by atoms with E-state index < -0.39 is 5.97 Å². The lowest BCUT2D eigenvalue weighted by molar-refractivity contribution is -0.134. The summed E-state index contributed by atoms with van der Waals surface area (Å²) >= 11 is 1.43. The molecule has 0 aliphatic heterocycles. The van der Waals surface area contributed by atoms with Crippen LogP contribution in [-0.4, -0.2) is 23.2 Å². The van der Waals surface area contributed by atoms with E-state index in [2.05, 4.69) is 19.9 Å². The maximum Gasteiger partial charge on any atom is 0.330 e. The number of aromatic hydroxyl groups is 1. The molecular weight excluding hydrogens is 326 g/mol. The van der Waals surface area contributed by atoms with E-state index in [1.807, 2.05) is 24.3 Å². The molecule has 0 saturated carbocycles. The van der Waals surface area contributed by atoms with Crippen molar-refractivity contribution in [2.75, 3.05) is 7.11 Å². The first kappa shape index (κ1) is 15.8. The van der Waals surface area contributed by atoms with Crippen molar-refractivity contribution in [3.63, 3.8) is 0 Å². The van der Waals surface area contributed by atoms with Crippen LogP contribution in [0.5, 0.6) is 5.75 Å². The van der Waals surface area contributed by atoms with Crippen LogP contribution in [0.15, 0.2) is 58.8 Å². The number of rotatable bonds is 4. The Morgan fingerprint density at radius 1 is 1.25 bits per heavy atom. The third kappa shape index (κ3) is 3.64. The van der Waals surface area contributed by atoms with Gasteiger partial charge in [-0.05, 0) is 36.4 Å². The molecule has 0 atom stereocenters. The van der Waals surface area contributed by atoms with Crippen molar-refractivity contribution in [3.8, 4) is 5.75 Å². The van der Waals surface area contributed by atoms with Gasteiger partial charge in [0.05, 0.1) is 23.0 Å². The summed E-state index contributed by atoms with van der Waals surface area (Å²) in [6.07, 6.45) is 2.77. The van der Waals surface area contributed by atoms with Crippen molar-refractivity contribution in [2.45, 2.75) is 0 Å². The largest absolute Gasteiger partial charge is 0.508 e. The number of ether oxygens (including phenoxy) is 1. The Bertz CT molecular complexity index is 914. The van der Waals surface area contributed by atoms with Gasteiger partial charge in [0.25, 0.3) is 0 Å².